The Kier molecular flexibility index (Phi) is 5.75. The molecule has 0 fully saturated rings. The second kappa shape index (κ2) is 6.85. The number of hydrogen-bond donors (Lipinski definition) is 2. The molecule has 0 aliphatic carbocycles. The highest BCUT2D eigenvalue weighted by Crippen LogP contribution is 2.24. The van der Waals surface area contributed by atoms with Crippen molar-refractivity contribution in [2.75, 3.05) is 18.4 Å². The first-order valence-corrected chi connectivity index (χ1v) is 6.72. The Balaban J connectivity index is 2.72. The Morgan fingerprint density at radius 3 is 2.78 bits per heavy atom. The van der Waals surface area contributed by atoms with Crippen LogP contribution in [0.1, 0.15) is 19.4 Å². The number of hydrogen-bond acceptors (Lipinski definition) is 2. The second-order valence-corrected chi connectivity index (χ2v) is 5.13. The SMILES string of the molecule is CCNCC(C)C(=O)Nc1cc(F)c(Br)cc1C. The predicted molar refractivity (Wildman–Crippen MR) is 75.2 cm³/mol. The zero-order valence-corrected chi connectivity index (χ0v) is 12.4. The molecule has 1 aromatic rings. The summed E-state index contributed by atoms with van der Waals surface area (Å²) in [6, 6.07) is 2.98. The van der Waals surface area contributed by atoms with E-state index < -0.39 is 0 Å². The van der Waals surface area contributed by atoms with Gasteiger partial charge in [-0.15, -0.1) is 0 Å². The summed E-state index contributed by atoms with van der Waals surface area (Å²) in [4.78, 5) is 11.9. The fourth-order valence-corrected chi connectivity index (χ4v) is 1.95. The molecule has 0 spiro atoms. The lowest BCUT2D eigenvalue weighted by atomic mass is 10.1. The minimum atomic E-state index is -0.379. The highest BCUT2D eigenvalue weighted by atomic mass is 79.9. The number of amides is 1. The fraction of sp³-hybridized carbons (Fsp3) is 0.462. The van der Waals surface area contributed by atoms with E-state index in [4.69, 9.17) is 0 Å². The molecule has 0 saturated heterocycles. The zero-order valence-electron chi connectivity index (χ0n) is 10.8. The topological polar surface area (TPSA) is 41.1 Å². The van der Waals surface area contributed by atoms with E-state index >= 15 is 0 Å². The molecule has 100 valence electrons. The molecular weight excluding hydrogens is 299 g/mol. The van der Waals surface area contributed by atoms with Crippen molar-refractivity contribution < 1.29 is 9.18 Å². The molecule has 1 atom stereocenters. The first-order chi connectivity index (χ1) is 8.45. The Morgan fingerprint density at radius 1 is 1.50 bits per heavy atom. The predicted octanol–water partition coefficient (Wildman–Crippen LogP) is 3.08. The summed E-state index contributed by atoms with van der Waals surface area (Å²) in [6.45, 7) is 7.08. The van der Waals surface area contributed by atoms with E-state index in [1.165, 1.54) is 6.07 Å². The monoisotopic (exact) mass is 316 g/mol. The zero-order chi connectivity index (χ0) is 13.7. The highest BCUT2D eigenvalue weighted by Gasteiger charge is 2.14. The van der Waals surface area contributed by atoms with Crippen molar-refractivity contribution in [2.45, 2.75) is 20.8 Å². The summed E-state index contributed by atoms with van der Waals surface area (Å²) < 4.78 is 13.8. The Bertz CT molecular complexity index is 437. The maximum atomic E-state index is 13.4. The van der Waals surface area contributed by atoms with Crippen molar-refractivity contribution in [1.29, 1.82) is 0 Å². The molecule has 1 unspecified atom stereocenters. The molecule has 1 amide bonds. The minimum absolute atomic E-state index is 0.110. The molecule has 0 bridgehead atoms. The molecule has 18 heavy (non-hydrogen) atoms. The first-order valence-electron chi connectivity index (χ1n) is 5.93. The third kappa shape index (κ3) is 4.07. The van der Waals surface area contributed by atoms with Crippen LogP contribution in [0.3, 0.4) is 0 Å². The van der Waals surface area contributed by atoms with Crippen LogP contribution in [-0.4, -0.2) is 19.0 Å². The summed E-state index contributed by atoms with van der Waals surface area (Å²) in [5.74, 6) is -0.646. The van der Waals surface area contributed by atoms with Crippen LogP contribution >= 0.6 is 15.9 Å². The number of aryl methyl sites for hydroxylation is 1. The van der Waals surface area contributed by atoms with E-state index in [0.717, 1.165) is 12.1 Å². The molecule has 0 heterocycles. The highest BCUT2D eigenvalue weighted by molar-refractivity contribution is 9.10. The smallest absolute Gasteiger partial charge is 0.228 e. The van der Waals surface area contributed by atoms with Crippen LogP contribution in [0.25, 0.3) is 0 Å². The first kappa shape index (κ1) is 15.1. The number of nitrogens with one attached hydrogen (secondary N) is 2. The van der Waals surface area contributed by atoms with Gasteiger partial charge in [0.15, 0.2) is 0 Å². The third-order valence-electron chi connectivity index (χ3n) is 2.67. The van der Waals surface area contributed by atoms with E-state index in [9.17, 15) is 9.18 Å². The van der Waals surface area contributed by atoms with Gasteiger partial charge in [0, 0.05) is 18.2 Å². The van der Waals surface area contributed by atoms with Crippen LogP contribution in [-0.2, 0) is 4.79 Å². The maximum absolute atomic E-state index is 13.4. The van der Waals surface area contributed by atoms with Crippen LogP contribution in [0.2, 0.25) is 0 Å². The molecule has 0 radical (unpaired) electrons. The van der Waals surface area contributed by atoms with Crippen molar-refractivity contribution in [3.63, 3.8) is 0 Å². The van der Waals surface area contributed by atoms with Crippen LogP contribution in [0.5, 0.6) is 0 Å². The Morgan fingerprint density at radius 2 is 2.17 bits per heavy atom. The largest absolute Gasteiger partial charge is 0.325 e. The summed E-state index contributed by atoms with van der Waals surface area (Å²) in [5.41, 5.74) is 1.34. The van der Waals surface area contributed by atoms with Gasteiger partial charge in [0.2, 0.25) is 5.91 Å². The van der Waals surface area contributed by atoms with Crippen LogP contribution in [0, 0.1) is 18.7 Å². The summed E-state index contributed by atoms with van der Waals surface area (Å²) >= 11 is 3.11. The Hall–Kier alpha value is -0.940. The van der Waals surface area contributed by atoms with Crippen LogP contribution in [0.15, 0.2) is 16.6 Å². The minimum Gasteiger partial charge on any atom is -0.325 e. The van der Waals surface area contributed by atoms with Gasteiger partial charge in [0.1, 0.15) is 5.82 Å². The van der Waals surface area contributed by atoms with Crippen molar-refractivity contribution in [3.05, 3.63) is 28.0 Å². The lowest BCUT2D eigenvalue weighted by Gasteiger charge is -2.14. The average Bonchev–Trinajstić information content (AvgIpc) is 2.32. The molecule has 1 rings (SSSR count). The average molecular weight is 317 g/mol. The van der Waals surface area contributed by atoms with E-state index in [0.29, 0.717) is 16.7 Å². The van der Waals surface area contributed by atoms with Gasteiger partial charge >= 0.3 is 0 Å². The molecular formula is C13H18BrFN2O. The number of benzene rings is 1. The van der Waals surface area contributed by atoms with Gasteiger partial charge in [-0.1, -0.05) is 13.8 Å². The van der Waals surface area contributed by atoms with Crippen LogP contribution < -0.4 is 10.6 Å². The fourth-order valence-electron chi connectivity index (χ4n) is 1.49. The van der Waals surface area contributed by atoms with E-state index in [2.05, 4.69) is 26.6 Å². The number of halogens is 2. The van der Waals surface area contributed by atoms with Gasteiger partial charge in [-0.25, -0.2) is 4.39 Å². The van der Waals surface area contributed by atoms with Gasteiger partial charge in [0.25, 0.3) is 0 Å². The van der Waals surface area contributed by atoms with Crippen molar-refractivity contribution >= 4 is 27.5 Å². The van der Waals surface area contributed by atoms with E-state index in [1.807, 2.05) is 20.8 Å². The molecule has 0 saturated carbocycles. The number of carbonyl (C=O) groups excluding carboxylic acids is 1. The molecule has 3 nitrogen and oxygen atoms in total. The van der Waals surface area contributed by atoms with Crippen molar-refractivity contribution in [2.24, 2.45) is 5.92 Å². The lowest BCUT2D eigenvalue weighted by molar-refractivity contribution is -0.119. The molecule has 2 N–H and O–H groups in total. The molecule has 0 aliphatic heterocycles. The van der Waals surface area contributed by atoms with Gasteiger partial charge in [0.05, 0.1) is 4.47 Å². The standard InChI is InChI=1S/C13H18BrFN2O/c1-4-16-7-9(3)13(18)17-12-6-11(15)10(14)5-8(12)2/h5-6,9,16H,4,7H2,1-3H3,(H,17,18). The molecule has 1 aromatic carbocycles. The summed E-state index contributed by atoms with van der Waals surface area (Å²) in [6.07, 6.45) is 0. The van der Waals surface area contributed by atoms with Gasteiger partial charge < -0.3 is 10.6 Å². The number of carbonyl (C=O) groups is 1. The number of anilines is 1. The van der Waals surface area contributed by atoms with Gasteiger partial charge in [-0.05, 0) is 47.1 Å². The van der Waals surface area contributed by atoms with Crippen molar-refractivity contribution in [3.8, 4) is 0 Å². The van der Waals surface area contributed by atoms with Gasteiger partial charge in [-0.3, -0.25) is 4.79 Å². The quantitative estimate of drug-likeness (QED) is 0.876. The Labute approximate surface area is 115 Å². The summed E-state index contributed by atoms with van der Waals surface area (Å²) in [7, 11) is 0. The lowest BCUT2D eigenvalue weighted by Crippen LogP contribution is -2.30. The van der Waals surface area contributed by atoms with E-state index in [-0.39, 0.29) is 17.6 Å². The molecule has 5 heteroatoms. The van der Waals surface area contributed by atoms with Crippen LogP contribution in [0.4, 0.5) is 10.1 Å². The normalized spacial score (nSPS) is 12.3. The van der Waals surface area contributed by atoms with Gasteiger partial charge in [-0.2, -0.15) is 0 Å². The summed E-state index contributed by atoms with van der Waals surface area (Å²) in [5, 5.41) is 5.85. The maximum Gasteiger partial charge on any atom is 0.228 e. The van der Waals surface area contributed by atoms with E-state index in [1.54, 1.807) is 6.07 Å². The molecule has 0 aliphatic rings. The second-order valence-electron chi connectivity index (χ2n) is 4.28. The van der Waals surface area contributed by atoms with Crippen molar-refractivity contribution in [1.82, 2.24) is 5.32 Å². The third-order valence-corrected chi connectivity index (χ3v) is 3.28. The number of rotatable bonds is 5. The molecule has 0 aromatic heterocycles.